The predicted octanol–water partition coefficient (Wildman–Crippen LogP) is -0.613. The van der Waals surface area contributed by atoms with E-state index < -0.39 is 36.0 Å². The van der Waals surface area contributed by atoms with Crippen molar-refractivity contribution in [1.29, 1.82) is 0 Å². The van der Waals surface area contributed by atoms with Gasteiger partial charge in [0.05, 0.1) is 6.04 Å². The minimum absolute atomic E-state index is 0.0573. The molecule has 5 atom stereocenters. The maximum atomic E-state index is 12.1. The first kappa shape index (κ1) is 20.9. The first-order valence-electron chi connectivity index (χ1n) is 8.46. The molecular weight excluding hydrogens is 330 g/mol. The first-order chi connectivity index (χ1) is 11.7. The van der Waals surface area contributed by atoms with E-state index in [1.54, 1.807) is 0 Å². The standard InChI is InChI=1S/C16H27N3O6/c1-4-8(2)11-12(25-16(11)24)14(21)18-7-5-6-10(15(22)23)19-13(20)9(3)17/h8-12H,4-7,17H2,1-3H3,(H,18,21)(H,19,20)(H,22,23)/t8-,9-,10-,11+,12-/m0/s1. The van der Waals surface area contributed by atoms with Gasteiger partial charge in [-0.1, -0.05) is 20.3 Å². The second kappa shape index (κ2) is 9.36. The van der Waals surface area contributed by atoms with E-state index >= 15 is 0 Å². The van der Waals surface area contributed by atoms with Gasteiger partial charge in [0.2, 0.25) is 5.91 Å². The molecule has 1 aliphatic rings. The second-order valence-corrected chi connectivity index (χ2v) is 6.39. The number of carboxylic acids is 1. The zero-order valence-corrected chi connectivity index (χ0v) is 14.8. The van der Waals surface area contributed by atoms with Gasteiger partial charge in [-0.25, -0.2) is 4.79 Å². The fourth-order valence-corrected chi connectivity index (χ4v) is 2.51. The predicted molar refractivity (Wildman–Crippen MR) is 88.3 cm³/mol. The van der Waals surface area contributed by atoms with Crippen molar-refractivity contribution in [2.45, 2.75) is 58.2 Å². The summed E-state index contributed by atoms with van der Waals surface area (Å²) in [6.45, 7) is 5.51. The number of amides is 2. The van der Waals surface area contributed by atoms with Gasteiger partial charge >= 0.3 is 11.9 Å². The molecule has 1 aliphatic heterocycles. The Morgan fingerprint density at radius 1 is 1.32 bits per heavy atom. The number of ether oxygens (including phenoxy) is 1. The van der Waals surface area contributed by atoms with Gasteiger partial charge in [0.25, 0.3) is 5.91 Å². The lowest BCUT2D eigenvalue weighted by molar-refractivity contribution is -0.193. The molecule has 1 saturated heterocycles. The number of hydrogen-bond acceptors (Lipinski definition) is 6. The Balaban J connectivity index is 2.38. The Bertz CT molecular complexity index is 522. The maximum Gasteiger partial charge on any atom is 0.326 e. The molecule has 5 N–H and O–H groups in total. The van der Waals surface area contributed by atoms with Crippen molar-refractivity contribution in [1.82, 2.24) is 10.6 Å². The number of rotatable bonds is 10. The lowest BCUT2D eigenvalue weighted by Gasteiger charge is -2.37. The Hall–Kier alpha value is -2.16. The third-order valence-corrected chi connectivity index (χ3v) is 4.35. The van der Waals surface area contributed by atoms with Crippen molar-refractivity contribution in [3.8, 4) is 0 Å². The van der Waals surface area contributed by atoms with Crippen molar-refractivity contribution in [3.05, 3.63) is 0 Å². The van der Waals surface area contributed by atoms with Crippen molar-refractivity contribution in [3.63, 3.8) is 0 Å². The molecule has 1 rings (SSSR count). The molecule has 9 nitrogen and oxygen atoms in total. The van der Waals surface area contributed by atoms with Crippen LogP contribution in [0.2, 0.25) is 0 Å². The Kier molecular flexibility index (Phi) is 7.82. The smallest absolute Gasteiger partial charge is 0.326 e. The highest BCUT2D eigenvalue weighted by atomic mass is 16.6. The van der Waals surface area contributed by atoms with Crippen LogP contribution in [0.4, 0.5) is 0 Å². The van der Waals surface area contributed by atoms with Crippen molar-refractivity contribution in [2.75, 3.05) is 6.54 Å². The number of nitrogens with two attached hydrogens (primary N) is 1. The largest absolute Gasteiger partial charge is 0.480 e. The fraction of sp³-hybridized carbons (Fsp3) is 0.750. The molecule has 0 radical (unpaired) electrons. The molecule has 142 valence electrons. The molecule has 0 spiro atoms. The fourth-order valence-electron chi connectivity index (χ4n) is 2.51. The number of esters is 1. The average Bonchev–Trinajstić information content (AvgIpc) is 2.54. The van der Waals surface area contributed by atoms with Gasteiger partial charge in [-0.05, 0) is 25.7 Å². The zero-order chi connectivity index (χ0) is 19.1. The molecule has 1 fully saturated rings. The van der Waals surface area contributed by atoms with Crippen LogP contribution in [0.25, 0.3) is 0 Å². The van der Waals surface area contributed by atoms with Crippen LogP contribution in [0.1, 0.15) is 40.0 Å². The molecule has 25 heavy (non-hydrogen) atoms. The van der Waals surface area contributed by atoms with Crippen molar-refractivity contribution < 1.29 is 29.0 Å². The molecule has 0 aromatic carbocycles. The second-order valence-electron chi connectivity index (χ2n) is 6.39. The normalized spacial score (nSPS) is 22.8. The van der Waals surface area contributed by atoms with E-state index in [2.05, 4.69) is 10.6 Å². The number of nitrogens with one attached hydrogen (secondary N) is 2. The topological polar surface area (TPSA) is 148 Å². The summed E-state index contributed by atoms with van der Waals surface area (Å²) in [5.74, 6) is -2.82. The average molecular weight is 357 g/mol. The first-order valence-corrected chi connectivity index (χ1v) is 8.46. The lowest BCUT2D eigenvalue weighted by atomic mass is 9.83. The van der Waals surface area contributed by atoms with Gasteiger partial charge in [0.15, 0.2) is 6.10 Å². The van der Waals surface area contributed by atoms with Crippen molar-refractivity contribution in [2.24, 2.45) is 17.6 Å². The van der Waals surface area contributed by atoms with E-state index in [0.717, 1.165) is 6.42 Å². The van der Waals surface area contributed by atoms with Crippen LogP contribution in [-0.2, 0) is 23.9 Å². The summed E-state index contributed by atoms with van der Waals surface area (Å²) >= 11 is 0. The third kappa shape index (κ3) is 5.70. The monoisotopic (exact) mass is 357 g/mol. The highest BCUT2D eigenvalue weighted by Crippen LogP contribution is 2.31. The van der Waals surface area contributed by atoms with Gasteiger partial charge in [0.1, 0.15) is 12.0 Å². The molecular formula is C16H27N3O6. The number of carbonyl (C=O) groups excluding carboxylic acids is 3. The highest BCUT2D eigenvalue weighted by molar-refractivity contribution is 5.94. The van der Waals surface area contributed by atoms with Crippen LogP contribution in [0, 0.1) is 11.8 Å². The summed E-state index contributed by atoms with van der Waals surface area (Å²) in [5.41, 5.74) is 5.39. The van der Waals surface area contributed by atoms with Crippen LogP contribution in [-0.4, -0.2) is 53.6 Å². The van der Waals surface area contributed by atoms with Gasteiger partial charge in [-0.3, -0.25) is 14.4 Å². The Morgan fingerprint density at radius 2 is 1.96 bits per heavy atom. The van der Waals surface area contributed by atoms with Gasteiger partial charge in [-0.15, -0.1) is 0 Å². The van der Waals surface area contributed by atoms with E-state index in [9.17, 15) is 19.2 Å². The molecule has 0 saturated carbocycles. The molecule has 0 aromatic heterocycles. The lowest BCUT2D eigenvalue weighted by Crippen LogP contribution is -2.56. The van der Waals surface area contributed by atoms with Crippen LogP contribution >= 0.6 is 0 Å². The van der Waals surface area contributed by atoms with Crippen LogP contribution in [0.3, 0.4) is 0 Å². The van der Waals surface area contributed by atoms with E-state index in [1.807, 2.05) is 13.8 Å². The van der Waals surface area contributed by atoms with Crippen LogP contribution in [0.5, 0.6) is 0 Å². The summed E-state index contributed by atoms with van der Waals surface area (Å²) in [5, 5.41) is 14.1. The summed E-state index contributed by atoms with van der Waals surface area (Å²) < 4.78 is 4.92. The van der Waals surface area contributed by atoms with Gasteiger partial charge < -0.3 is 26.2 Å². The molecule has 9 heteroatoms. The summed E-state index contributed by atoms with van der Waals surface area (Å²) in [7, 11) is 0. The molecule has 0 aliphatic carbocycles. The van der Waals surface area contributed by atoms with Gasteiger partial charge in [-0.2, -0.15) is 0 Å². The molecule has 1 heterocycles. The number of cyclic esters (lactones) is 1. The number of aliphatic carboxylic acids is 1. The highest BCUT2D eigenvalue weighted by Gasteiger charge is 2.49. The molecule has 0 aromatic rings. The summed E-state index contributed by atoms with van der Waals surface area (Å²) in [4.78, 5) is 46.1. The maximum absolute atomic E-state index is 12.1. The van der Waals surface area contributed by atoms with E-state index in [-0.39, 0.29) is 30.8 Å². The summed E-state index contributed by atoms with van der Waals surface area (Å²) in [6.07, 6.45) is 0.475. The Morgan fingerprint density at radius 3 is 2.44 bits per heavy atom. The van der Waals surface area contributed by atoms with Crippen molar-refractivity contribution >= 4 is 23.8 Å². The number of carbonyl (C=O) groups is 4. The minimum Gasteiger partial charge on any atom is -0.480 e. The molecule has 0 bridgehead atoms. The minimum atomic E-state index is -1.16. The SMILES string of the molecule is CC[C@H](C)[C@H]1C(=O)O[C@@H]1C(=O)NCCC[C@H](NC(=O)[C@H](C)N)C(=O)O. The zero-order valence-electron chi connectivity index (χ0n) is 14.8. The van der Waals surface area contributed by atoms with E-state index in [0.29, 0.717) is 6.42 Å². The van der Waals surface area contributed by atoms with E-state index in [4.69, 9.17) is 15.6 Å². The van der Waals surface area contributed by atoms with Crippen LogP contribution in [0.15, 0.2) is 0 Å². The quantitative estimate of drug-likeness (QED) is 0.301. The third-order valence-electron chi connectivity index (χ3n) is 4.35. The van der Waals surface area contributed by atoms with E-state index in [1.165, 1.54) is 6.92 Å². The summed E-state index contributed by atoms with van der Waals surface area (Å²) in [6, 6.07) is -1.86. The molecule has 0 unspecified atom stereocenters. The number of hydrogen-bond donors (Lipinski definition) is 4. The number of carboxylic acid groups (broad SMARTS) is 1. The van der Waals surface area contributed by atoms with Gasteiger partial charge in [0, 0.05) is 6.54 Å². The molecule has 2 amide bonds. The Labute approximate surface area is 146 Å². The van der Waals surface area contributed by atoms with Crippen LogP contribution < -0.4 is 16.4 Å².